The summed E-state index contributed by atoms with van der Waals surface area (Å²) in [5.74, 6) is -0.845. The van der Waals surface area contributed by atoms with Crippen LogP contribution in [0.2, 0.25) is 0 Å². The summed E-state index contributed by atoms with van der Waals surface area (Å²) in [4.78, 5) is 12.6. The summed E-state index contributed by atoms with van der Waals surface area (Å²) in [6.45, 7) is -0.898. The fraction of sp³-hybridized carbons (Fsp3) is 0.955. The Hall–Kier alpha value is -1.30. The zero-order chi connectivity index (χ0) is 34.4. The molecule has 1 amide bonds. The lowest BCUT2D eigenvalue weighted by Gasteiger charge is -2.49. The molecule has 22 nitrogen and oxygen atoms in total. The van der Waals surface area contributed by atoms with Crippen molar-refractivity contribution in [1.82, 2.24) is 5.32 Å². The average molecular weight is 684 g/mol. The maximum atomic E-state index is 12.6. The maximum Gasteiger partial charge on any atom is 0.394 e. The molecular formula is C22H45N5O17S. The van der Waals surface area contributed by atoms with Crippen molar-refractivity contribution in [3.05, 3.63) is 0 Å². The molecule has 266 valence electrons. The molecule has 2 aliphatic heterocycles. The van der Waals surface area contributed by atoms with Gasteiger partial charge < -0.3 is 88.1 Å². The van der Waals surface area contributed by atoms with Crippen LogP contribution in [-0.4, -0.2) is 182 Å². The van der Waals surface area contributed by atoms with Gasteiger partial charge in [0.1, 0.15) is 67.1 Å². The second kappa shape index (κ2) is 17.2. The zero-order valence-electron chi connectivity index (χ0n) is 23.8. The average Bonchev–Trinajstić information content (AvgIpc) is 2.96. The number of aliphatic hydroxyl groups excluding tert-OH is 8. The van der Waals surface area contributed by atoms with E-state index in [4.69, 9.17) is 59.4 Å². The molecule has 1 aliphatic carbocycles. The van der Waals surface area contributed by atoms with Crippen LogP contribution in [0.25, 0.3) is 0 Å². The van der Waals surface area contributed by atoms with Gasteiger partial charge in [-0.05, 0) is 19.4 Å². The first-order valence-electron chi connectivity index (χ1n) is 13.8. The van der Waals surface area contributed by atoms with Crippen LogP contribution in [0.5, 0.6) is 0 Å². The van der Waals surface area contributed by atoms with Crippen molar-refractivity contribution in [2.45, 2.75) is 111 Å². The Balaban J connectivity index is 0.00000130. The third-order valence-electron chi connectivity index (χ3n) is 7.51. The Bertz CT molecular complexity index is 1020. The van der Waals surface area contributed by atoms with E-state index >= 15 is 0 Å². The van der Waals surface area contributed by atoms with Crippen molar-refractivity contribution in [3.8, 4) is 0 Å². The molecule has 0 spiro atoms. The lowest BCUT2D eigenvalue weighted by molar-refractivity contribution is -0.332. The molecule has 2 saturated heterocycles. The lowest BCUT2D eigenvalue weighted by Crippen LogP contribution is -2.69. The summed E-state index contributed by atoms with van der Waals surface area (Å²) < 4.78 is 54.1. The van der Waals surface area contributed by atoms with E-state index in [-0.39, 0.29) is 25.9 Å². The SMILES string of the molecule is NCC[C@@H](O)C(=O)N[C@@H]1C[C@H](N)[C@@H](O[C@H]2O[C@H](CN)[C@@H](O)[C@H](O)[C@H]2O)[C@H](O)[C@H]1O[C@H]1O[C@H](CO)[C@@H](O)[C@H](N)[C@H]1O.O=S(=O)(O)O. The normalized spacial score (nSPS) is 43.1. The third kappa shape index (κ3) is 10.6. The summed E-state index contributed by atoms with van der Waals surface area (Å²) in [6, 6.07) is -3.45. The Morgan fingerprint density at radius 2 is 1.38 bits per heavy atom. The van der Waals surface area contributed by atoms with Crippen molar-refractivity contribution in [2.24, 2.45) is 22.9 Å². The van der Waals surface area contributed by atoms with Gasteiger partial charge >= 0.3 is 10.4 Å². The number of rotatable bonds is 10. The fourth-order valence-electron chi connectivity index (χ4n) is 5.07. The van der Waals surface area contributed by atoms with Crippen LogP contribution in [0.3, 0.4) is 0 Å². The molecule has 0 aromatic rings. The van der Waals surface area contributed by atoms with Crippen molar-refractivity contribution in [2.75, 3.05) is 19.7 Å². The largest absolute Gasteiger partial charge is 0.394 e. The predicted octanol–water partition coefficient (Wildman–Crippen LogP) is -9.08. The molecule has 3 fully saturated rings. The molecule has 1 saturated carbocycles. The second-order valence-electron chi connectivity index (χ2n) is 10.8. The standard InChI is InChI=1S/C22H43N5O13.H2O4S/c23-2-1-8(29)20(36)27-7-3-6(25)18(39-22-16(34)15(33)13(31)9(4-24)37-22)17(35)19(7)40-21-14(32)11(26)12(30)10(5-28)38-21;1-5(2,3)4/h6-19,21-22,28-35H,1-5,23-26H2,(H,27,36);(H2,1,2,3,4)/t6-,7+,8+,9+,10+,11-,12+,13+,14+,15-,16+,17-,18+,19-,21+,22+;/m0./s1. The Morgan fingerprint density at radius 3 is 1.91 bits per heavy atom. The van der Waals surface area contributed by atoms with Gasteiger partial charge in [-0.3, -0.25) is 13.9 Å². The van der Waals surface area contributed by atoms with Crippen LogP contribution in [-0.2, 0) is 34.1 Å². The van der Waals surface area contributed by atoms with E-state index in [1.165, 1.54) is 0 Å². The summed E-state index contributed by atoms with van der Waals surface area (Å²) in [5.41, 5.74) is 23.1. The first-order valence-corrected chi connectivity index (χ1v) is 15.2. The lowest BCUT2D eigenvalue weighted by atomic mass is 9.83. The van der Waals surface area contributed by atoms with Gasteiger partial charge in [-0.2, -0.15) is 8.42 Å². The fourth-order valence-corrected chi connectivity index (χ4v) is 5.07. The minimum atomic E-state index is -4.67. The number of carbonyl (C=O) groups is 1. The Labute approximate surface area is 257 Å². The highest BCUT2D eigenvalue weighted by Gasteiger charge is 2.52. The van der Waals surface area contributed by atoms with Crippen LogP contribution < -0.4 is 28.3 Å². The number of nitrogens with two attached hydrogens (primary N) is 4. The number of hydrogen-bond acceptors (Lipinski definition) is 19. The van der Waals surface area contributed by atoms with E-state index in [2.05, 4.69) is 5.32 Å². The minimum Gasteiger partial charge on any atom is -0.394 e. The van der Waals surface area contributed by atoms with Crippen molar-refractivity contribution in [1.29, 1.82) is 0 Å². The number of carbonyl (C=O) groups excluding carboxylic acids is 1. The highest BCUT2D eigenvalue weighted by molar-refractivity contribution is 7.79. The highest BCUT2D eigenvalue weighted by atomic mass is 32.3. The number of nitrogens with one attached hydrogen (secondary N) is 1. The Kier molecular flexibility index (Phi) is 15.2. The van der Waals surface area contributed by atoms with Gasteiger partial charge in [0.05, 0.1) is 18.7 Å². The van der Waals surface area contributed by atoms with Gasteiger partial charge in [0.2, 0.25) is 5.91 Å². The van der Waals surface area contributed by atoms with Crippen LogP contribution >= 0.6 is 0 Å². The summed E-state index contributed by atoms with van der Waals surface area (Å²) >= 11 is 0. The summed E-state index contributed by atoms with van der Waals surface area (Å²) in [6.07, 6.45) is -19.8. The zero-order valence-corrected chi connectivity index (χ0v) is 24.6. The smallest absolute Gasteiger partial charge is 0.394 e. The van der Waals surface area contributed by atoms with Crippen molar-refractivity contribution < 1.29 is 82.1 Å². The van der Waals surface area contributed by atoms with Crippen molar-refractivity contribution >= 4 is 16.3 Å². The van der Waals surface area contributed by atoms with Crippen LogP contribution in [0.4, 0.5) is 0 Å². The Morgan fingerprint density at radius 1 is 0.844 bits per heavy atom. The molecule has 3 rings (SSSR count). The van der Waals surface area contributed by atoms with Gasteiger partial charge in [-0.15, -0.1) is 0 Å². The molecule has 2 heterocycles. The van der Waals surface area contributed by atoms with Gasteiger partial charge in [0.25, 0.3) is 0 Å². The van der Waals surface area contributed by atoms with E-state index in [0.717, 1.165) is 0 Å². The molecule has 45 heavy (non-hydrogen) atoms. The first-order chi connectivity index (χ1) is 20.9. The monoisotopic (exact) mass is 683 g/mol. The van der Waals surface area contributed by atoms with Gasteiger partial charge in [0.15, 0.2) is 12.6 Å². The summed E-state index contributed by atoms with van der Waals surface area (Å²) in [7, 11) is -4.67. The predicted molar refractivity (Wildman–Crippen MR) is 146 cm³/mol. The minimum absolute atomic E-state index is 0.0101. The number of amides is 1. The molecule has 19 N–H and O–H groups in total. The van der Waals surface area contributed by atoms with Crippen LogP contribution in [0.1, 0.15) is 12.8 Å². The first kappa shape index (κ1) is 39.9. The molecule has 3 aliphatic rings. The molecule has 0 unspecified atom stereocenters. The molecule has 0 aromatic carbocycles. The third-order valence-corrected chi connectivity index (χ3v) is 7.51. The molecule has 0 aromatic heterocycles. The van der Waals surface area contributed by atoms with E-state index in [0.29, 0.717) is 0 Å². The topological polar surface area (TPSA) is 407 Å². The highest BCUT2D eigenvalue weighted by Crippen LogP contribution is 2.32. The van der Waals surface area contributed by atoms with E-state index < -0.39 is 121 Å². The molecule has 16 atom stereocenters. The van der Waals surface area contributed by atoms with Gasteiger partial charge in [-0.1, -0.05) is 0 Å². The van der Waals surface area contributed by atoms with Crippen molar-refractivity contribution in [3.63, 3.8) is 0 Å². The number of aliphatic hydroxyl groups is 8. The summed E-state index contributed by atoms with van der Waals surface area (Å²) in [5, 5.41) is 84.9. The molecule has 23 heteroatoms. The van der Waals surface area contributed by atoms with Gasteiger partial charge in [0, 0.05) is 12.6 Å². The maximum absolute atomic E-state index is 12.6. The van der Waals surface area contributed by atoms with Crippen LogP contribution in [0.15, 0.2) is 0 Å². The van der Waals surface area contributed by atoms with Gasteiger partial charge in [-0.25, -0.2) is 0 Å². The molecule has 0 radical (unpaired) electrons. The van der Waals surface area contributed by atoms with E-state index in [9.17, 15) is 45.6 Å². The number of ether oxygens (including phenoxy) is 4. The van der Waals surface area contributed by atoms with E-state index in [1.807, 2.05) is 0 Å². The second-order valence-corrected chi connectivity index (χ2v) is 11.7. The molecular weight excluding hydrogens is 638 g/mol. The van der Waals surface area contributed by atoms with Crippen LogP contribution in [0, 0.1) is 0 Å². The number of hydrogen-bond donors (Lipinski definition) is 15. The van der Waals surface area contributed by atoms with E-state index in [1.54, 1.807) is 0 Å². The quantitative estimate of drug-likeness (QED) is 0.0950. The molecule has 0 bridgehead atoms.